The van der Waals surface area contributed by atoms with Crippen molar-refractivity contribution in [2.45, 2.75) is 20.8 Å². The molecule has 1 aromatic rings. The smallest absolute Gasteiger partial charge is 0.341 e. The largest absolute Gasteiger partial charge is 0.462 e. The Morgan fingerprint density at radius 1 is 1.53 bits per heavy atom. The van der Waals surface area contributed by atoms with E-state index in [9.17, 15) is 4.79 Å². The summed E-state index contributed by atoms with van der Waals surface area (Å²) in [5.41, 5.74) is 1.01. The number of carbonyl (C=O) groups is 1. The molecule has 0 aliphatic heterocycles. The summed E-state index contributed by atoms with van der Waals surface area (Å²) in [6.45, 7) is 7.32. The number of hydrogen-bond acceptors (Lipinski definition) is 6. The van der Waals surface area contributed by atoms with Crippen molar-refractivity contribution in [1.29, 1.82) is 0 Å². The number of rotatable bonds is 7. The number of anilines is 1. The number of carbonyl (C=O) groups excluding carboxylic acids is 1. The van der Waals surface area contributed by atoms with Crippen molar-refractivity contribution < 1.29 is 14.3 Å². The van der Waals surface area contributed by atoms with Gasteiger partial charge in [-0.2, -0.15) is 0 Å². The van der Waals surface area contributed by atoms with Gasteiger partial charge in [-0.3, -0.25) is 0 Å². The van der Waals surface area contributed by atoms with Crippen molar-refractivity contribution in [1.82, 2.24) is 9.97 Å². The zero-order chi connectivity index (χ0) is 14.3. The maximum absolute atomic E-state index is 11.6. The van der Waals surface area contributed by atoms with Crippen LogP contribution < -0.4 is 5.32 Å². The molecule has 0 aliphatic rings. The highest BCUT2D eigenvalue weighted by atomic mass is 16.5. The molecule has 0 bridgehead atoms. The first kappa shape index (κ1) is 15.4. The standard InChI is InChI=1S/C13H21N3O3/c1-5-19-12(17)11-7-15-13(16-10(11)3)14-6-9(2)8-18-4/h7,9H,5-6,8H2,1-4H3,(H,14,15,16). The van der Waals surface area contributed by atoms with E-state index < -0.39 is 0 Å². The normalized spacial score (nSPS) is 12.0. The fraction of sp³-hybridized carbons (Fsp3) is 0.615. The maximum atomic E-state index is 11.6. The second-order valence-corrected chi connectivity index (χ2v) is 4.35. The van der Waals surface area contributed by atoms with E-state index in [1.165, 1.54) is 6.20 Å². The lowest BCUT2D eigenvalue weighted by Gasteiger charge is -2.12. The number of ether oxygens (including phenoxy) is 2. The molecule has 0 fully saturated rings. The second kappa shape index (κ2) is 7.68. The lowest BCUT2D eigenvalue weighted by atomic mass is 10.2. The molecule has 6 heteroatoms. The molecule has 1 rings (SSSR count). The number of methoxy groups -OCH3 is 1. The Balaban J connectivity index is 2.64. The molecule has 0 aliphatic carbocycles. The summed E-state index contributed by atoms with van der Waals surface area (Å²) < 4.78 is 9.97. The zero-order valence-electron chi connectivity index (χ0n) is 11.9. The SMILES string of the molecule is CCOC(=O)c1cnc(NCC(C)COC)nc1C. The van der Waals surface area contributed by atoms with E-state index in [2.05, 4.69) is 22.2 Å². The van der Waals surface area contributed by atoms with Gasteiger partial charge in [-0.25, -0.2) is 14.8 Å². The van der Waals surface area contributed by atoms with Crippen LogP contribution in [-0.4, -0.2) is 42.8 Å². The van der Waals surface area contributed by atoms with Crippen LogP contribution in [0.3, 0.4) is 0 Å². The van der Waals surface area contributed by atoms with Crippen molar-refractivity contribution in [3.05, 3.63) is 17.5 Å². The molecule has 0 amide bonds. The molecule has 1 atom stereocenters. The lowest BCUT2D eigenvalue weighted by molar-refractivity contribution is 0.0524. The Kier molecular flexibility index (Phi) is 6.21. The van der Waals surface area contributed by atoms with E-state index in [0.717, 1.165) is 0 Å². The molecule has 0 saturated heterocycles. The highest BCUT2D eigenvalue weighted by Crippen LogP contribution is 2.09. The van der Waals surface area contributed by atoms with Gasteiger partial charge in [0.1, 0.15) is 0 Å². The molecular formula is C13H21N3O3. The van der Waals surface area contributed by atoms with Crippen LogP contribution >= 0.6 is 0 Å². The Morgan fingerprint density at radius 3 is 2.84 bits per heavy atom. The third-order valence-corrected chi connectivity index (χ3v) is 2.53. The average molecular weight is 267 g/mol. The van der Waals surface area contributed by atoms with Crippen LogP contribution in [-0.2, 0) is 9.47 Å². The molecule has 1 aromatic heterocycles. The summed E-state index contributed by atoms with van der Waals surface area (Å²) in [4.78, 5) is 19.9. The Hall–Kier alpha value is -1.69. The molecular weight excluding hydrogens is 246 g/mol. The van der Waals surface area contributed by atoms with E-state index >= 15 is 0 Å². The highest BCUT2D eigenvalue weighted by Gasteiger charge is 2.12. The summed E-state index contributed by atoms with van der Waals surface area (Å²) in [6.07, 6.45) is 1.49. The monoisotopic (exact) mass is 267 g/mol. The fourth-order valence-corrected chi connectivity index (χ4v) is 1.57. The van der Waals surface area contributed by atoms with Gasteiger partial charge in [0.05, 0.1) is 24.5 Å². The minimum absolute atomic E-state index is 0.340. The van der Waals surface area contributed by atoms with Crippen LogP contribution in [0, 0.1) is 12.8 Å². The first-order valence-corrected chi connectivity index (χ1v) is 6.32. The van der Waals surface area contributed by atoms with Crippen LogP contribution in [0.4, 0.5) is 5.95 Å². The van der Waals surface area contributed by atoms with Crippen LogP contribution in [0.1, 0.15) is 29.9 Å². The summed E-state index contributed by atoms with van der Waals surface area (Å²) >= 11 is 0. The van der Waals surface area contributed by atoms with Gasteiger partial charge in [0.25, 0.3) is 0 Å². The molecule has 6 nitrogen and oxygen atoms in total. The minimum atomic E-state index is -0.390. The number of aryl methyl sites for hydroxylation is 1. The molecule has 0 saturated carbocycles. The van der Waals surface area contributed by atoms with Gasteiger partial charge in [0.15, 0.2) is 0 Å². The van der Waals surface area contributed by atoms with E-state index in [4.69, 9.17) is 9.47 Å². The van der Waals surface area contributed by atoms with Crippen LogP contribution in [0.5, 0.6) is 0 Å². The van der Waals surface area contributed by atoms with E-state index in [1.54, 1.807) is 21.0 Å². The third kappa shape index (κ3) is 4.82. The Labute approximate surface area is 113 Å². The number of aromatic nitrogens is 2. The third-order valence-electron chi connectivity index (χ3n) is 2.53. The Bertz CT molecular complexity index is 424. The van der Waals surface area contributed by atoms with Crippen molar-refractivity contribution in [3.63, 3.8) is 0 Å². The summed E-state index contributed by atoms with van der Waals surface area (Å²) in [5, 5.41) is 3.11. The minimum Gasteiger partial charge on any atom is -0.462 e. The average Bonchev–Trinajstić information content (AvgIpc) is 2.37. The lowest BCUT2D eigenvalue weighted by Crippen LogP contribution is -2.18. The fourth-order valence-electron chi connectivity index (χ4n) is 1.57. The van der Waals surface area contributed by atoms with E-state index in [0.29, 0.717) is 42.9 Å². The topological polar surface area (TPSA) is 73.3 Å². The highest BCUT2D eigenvalue weighted by molar-refractivity contribution is 5.90. The van der Waals surface area contributed by atoms with Gasteiger partial charge in [-0.15, -0.1) is 0 Å². The van der Waals surface area contributed by atoms with E-state index in [1.807, 2.05) is 0 Å². The van der Waals surface area contributed by atoms with Gasteiger partial charge in [-0.05, 0) is 19.8 Å². The summed E-state index contributed by atoms with van der Waals surface area (Å²) in [7, 11) is 1.67. The van der Waals surface area contributed by atoms with Crippen molar-refractivity contribution in [2.24, 2.45) is 5.92 Å². The Morgan fingerprint density at radius 2 is 2.26 bits per heavy atom. The van der Waals surface area contributed by atoms with Crippen LogP contribution in [0.2, 0.25) is 0 Å². The molecule has 106 valence electrons. The summed E-state index contributed by atoms with van der Waals surface area (Å²) in [5.74, 6) is 0.478. The van der Waals surface area contributed by atoms with Crippen molar-refractivity contribution in [2.75, 3.05) is 32.2 Å². The number of esters is 1. The molecule has 1 heterocycles. The molecule has 0 radical (unpaired) electrons. The second-order valence-electron chi connectivity index (χ2n) is 4.35. The van der Waals surface area contributed by atoms with Crippen LogP contribution in [0.25, 0.3) is 0 Å². The number of hydrogen-bond donors (Lipinski definition) is 1. The van der Waals surface area contributed by atoms with Gasteiger partial charge in [0.2, 0.25) is 5.95 Å². The number of nitrogens with one attached hydrogen (secondary N) is 1. The summed E-state index contributed by atoms with van der Waals surface area (Å²) in [6, 6.07) is 0. The van der Waals surface area contributed by atoms with Gasteiger partial charge >= 0.3 is 5.97 Å². The maximum Gasteiger partial charge on any atom is 0.341 e. The van der Waals surface area contributed by atoms with Gasteiger partial charge < -0.3 is 14.8 Å². The predicted octanol–water partition coefficient (Wildman–Crippen LogP) is 1.66. The van der Waals surface area contributed by atoms with Crippen molar-refractivity contribution in [3.8, 4) is 0 Å². The molecule has 1 unspecified atom stereocenters. The van der Waals surface area contributed by atoms with E-state index in [-0.39, 0.29) is 5.97 Å². The van der Waals surface area contributed by atoms with Crippen LogP contribution in [0.15, 0.2) is 6.20 Å². The predicted molar refractivity (Wildman–Crippen MR) is 72.3 cm³/mol. The van der Waals surface area contributed by atoms with Crippen molar-refractivity contribution >= 4 is 11.9 Å². The molecule has 19 heavy (non-hydrogen) atoms. The van der Waals surface area contributed by atoms with Gasteiger partial charge in [0, 0.05) is 19.9 Å². The first-order valence-electron chi connectivity index (χ1n) is 6.32. The molecule has 0 aromatic carbocycles. The zero-order valence-corrected chi connectivity index (χ0v) is 11.9. The quantitative estimate of drug-likeness (QED) is 0.757. The molecule has 0 spiro atoms. The molecule has 1 N–H and O–H groups in total. The van der Waals surface area contributed by atoms with Gasteiger partial charge in [-0.1, -0.05) is 6.92 Å². The number of nitrogens with zero attached hydrogens (tertiary/aromatic N) is 2. The first-order chi connectivity index (χ1) is 9.08.